The van der Waals surface area contributed by atoms with E-state index in [-0.39, 0.29) is 0 Å². The van der Waals surface area contributed by atoms with E-state index in [1.165, 1.54) is 25.7 Å². The molecule has 0 unspecified atom stereocenters. The Hall–Kier alpha value is -1.22. The van der Waals surface area contributed by atoms with Crippen molar-refractivity contribution in [2.75, 3.05) is 19.8 Å². The van der Waals surface area contributed by atoms with E-state index in [4.69, 9.17) is 9.47 Å². The van der Waals surface area contributed by atoms with Crippen LogP contribution < -0.4 is 14.8 Å². The zero-order chi connectivity index (χ0) is 14.0. The number of ether oxygens (including phenoxy) is 2. The van der Waals surface area contributed by atoms with Crippen molar-refractivity contribution < 1.29 is 9.47 Å². The van der Waals surface area contributed by atoms with Gasteiger partial charge in [0, 0.05) is 6.04 Å². The average molecular weight is 277 g/mol. The summed E-state index contributed by atoms with van der Waals surface area (Å²) < 4.78 is 11.3. The summed E-state index contributed by atoms with van der Waals surface area (Å²) >= 11 is 0. The summed E-state index contributed by atoms with van der Waals surface area (Å²) in [4.78, 5) is 0. The largest absolute Gasteiger partial charge is 0.494 e. The van der Waals surface area contributed by atoms with Crippen molar-refractivity contribution in [3.05, 3.63) is 24.3 Å². The van der Waals surface area contributed by atoms with Gasteiger partial charge in [0.1, 0.15) is 11.5 Å². The third-order valence-corrected chi connectivity index (χ3v) is 3.40. The smallest absolute Gasteiger partial charge is 0.119 e. The van der Waals surface area contributed by atoms with Crippen molar-refractivity contribution in [2.45, 2.75) is 51.5 Å². The van der Waals surface area contributed by atoms with E-state index in [0.29, 0.717) is 0 Å². The van der Waals surface area contributed by atoms with Crippen LogP contribution in [0.15, 0.2) is 24.3 Å². The summed E-state index contributed by atoms with van der Waals surface area (Å²) in [5.41, 5.74) is 0. The summed E-state index contributed by atoms with van der Waals surface area (Å²) in [5, 5.41) is 3.53. The molecule has 1 saturated carbocycles. The van der Waals surface area contributed by atoms with Gasteiger partial charge in [0.15, 0.2) is 0 Å². The van der Waals surface area contributed by atoms with Gasteiger partial charge in [-0.3, -0.25) is 0 Å². The van der Waals surface area contributed by atoms with E-state index in [2.05, 4.69) is 12.2 Å². The van der Waals surface area contributed by atoms with Crippen LogP contribution in [-0.4, -0.2) is 25.8 Å². The lowest BCUT2D eigenvalue weighted by Gasteiger charge is -2.08. The molecule has 1 aromatic rings. The predicted molar refractivity (Wildman–Crippen MR) is 82.6 cm³/mol. The number of unbranched alkanes of at least 4 members (excludes halogenated alkanes) is 2. The maximum atomic E-state index is 5.73. The lowest BCUT2D eigenvalue weighted by atomic mass is 10.2. The van der Waals surface area contributed by atoms with E-state index < -0.39 is 0 Å². The van der Waals surface area contributed by atoms with Crippen molar-refractivity contribution in [3.63, 3.8) is 0 Å². The SMILES string of the molecule is CCCOc1ccc(OCCCCCNC2CC2)cc1. The Bertz CT molecular complexity index is 360. The van der Waals surface area contributed by atoms with Crippen LogP contribution in [0.5, 0.6) is 11.5 Å². The van der Waals surface area contributed by atoms with Gasteiger partial charge in [0.05, 0.1) is 13.2 Å². The topological polar surface area (TPSA) is 30.5 Å². The average Bonchev–Trinajstić information content (AvgIpc) is 3.29. The van der Waals surface area contributed by atoms with Gasteiger partial charge in [-0.2, -0.15) is 0 Å². The fourth-order valence-corrected chi connectivity index (χ4v) is 2.04. The first-order chi connectivity index (χ1) is 9.88. The first-order valence-electron chi connectivity index (χ1n) is 7.97. The first kappa shape index (κ1) is 15.2. The Morgan fingerprint density at radius 2 is 1.60 bits per heavy atom. The second-order valence-corrected chi connectivity index (χ2v) is 5.46. The minimum Gasteiger partial charge on any atom is -0.494 e. The monoisotopic (exact) mass is 277 g/mol. The normalized spacial score (nSPS) is 14.2. The Labute approximate surface area is 122 Å². The van der Waals surface area contributed by atoms with E-state index in [9.17, 15) is 0 Å². The van der Waals surface area contributed by atoms with Crippen molar-refractivity contribution in [3.8, 4) is 11.5 Å². The molecule has 0 heterocycles. The van der Waals surface area contributed by atoms with Crippen LogP contribution in [0.4, 0.5) is 0 Å². The Kier molecular flexibility index (Phi) is 6.72. The highest BCUT2D eigenvalue weighted by atomic mass is 16.5. The van der Waals surface area contributed by atoms with Gasteiger partial charge in [0.2, 0.25) is 0 Å². The van der Waals surface area contributed by atoms with Crippen molar-refractivity contribution in [2.24, 2.45) is 0 Å². The molecule has 1 N–H and O–H groups in total. The maximum absolute atomic E-state index is 5.73. The van der Waals surface area contributed by atoms with Crippen LogP contribution in [0, 0.1) is 0 Å². The lowest BCUT2D eigenvalue weighted by Crippen LogP contribution is -2.17. The second-order valence-electron chi connectivity index (χ2n) is 5.46. The van der Waals surface area contributed by atoms with Crippen molar-refractivity contribution in [1.82, 2.24) is 5.32 Å². The highest BCUT2D eigenvalue weighted by molar-refractivity contribution is 5.31. The molecule has 3 heteroatoms. The molecule has 1 aromatic carbocycles. The van der Waals surface area contributed by atoms with Crippen LogP contribution in [0.25, 0.3) is 0 Å². The summed E-state index contributed by atoms with van der Waals surface area (Å²) in [6.07, 6.45) is 7.40. The quantitative estimate of drug-likeness (QED) is 0.624. The van der Waals surface area contributed by atoms with Gasteiger partial charge in [-0.15, -0.1) is 0 Å². The Balaban J connectivity index is 1.49. The number of nitrogens with one attached hydrogen (secondary N) is 1. The van der Waals surface area contributed by atoms with Crippen molar-refractivity contribution >= 4 is 0 Å². The van der Waals surface area contributed by atoms with E-state index >= 15 is 0 Å². The molecular weight excluding hydrogens is 250 g/mol. The Morgan fingerprint density at radius 1 is 0.950 bits per heavy atom. The number of rotatable bonds is 11. The van der Waals surface area contributed by atoms with Gasteiger partial charge in [-0.25, -0.2) is 0 Å². The van der Waals surface area contributed by atoms with Gasteiger partial charge < -0.3 is 14.8 Å². The predicted octanol–water partition coefficient (Wildman–Crippen LogP) is 3.78. The molecular formula is C17H27NO2. The highest BCUT2D eigenvalue weighted by Gasteiger charge is 2.19. The molecule has 0 bridgehead atoms. The molecule has 0 amide bonds. The molecule has 0 aromatic heterocycles. The molecule has 112 valence electrons. The molecule has 1 aliphatic carbocycles. The van der Waals surface area contributed by atoms with Crippen LogP contribution in [0.2, 0.25) is 0 Å². The molecule has 0 atom stereocenters. The van der Waals surface area contributed by atoms with E-state index in [1.807, 2.05) is 24.3 Å². The molecule has 0 saturated heterocycles. The standard InChI is InChI=1S/C17H27NO2/c1-2-13-19-16-8-10-17(11-9-16)20-14-5-3-4-12-18-15-6-7-15/h8-11,15,18H,2-7,12-14H2,1H3. The fourth-order valence-electron chi connectivity index (χ4n) is 2.04. The molecule has 2 rings (SSSR count). The minimum absolute atomic E-state index is 0.773. The second kappa shape index (κ2) is 8.85. The van der Waals surface area contributed by atoms with E-state index in [0.717, 1.165) is 50.1 Å². The third-order valence-electron chi connectivity index (χ3n) is 3.40. The third kappa shape index (κ3) is 6.29. The molecule has 3 nitrogen and oxygen atoms in total. The zero-order valence-corrected chi connectivity index (χ0v) is 12.6. The van der Waals surface area contributed by atoms with Gasteiger partial charge in [-0.1, -0.05) is 6.92 Å². The van der Waals surface area contributed by atoms with Crippen molar-refractivity contribution in [1.29, 1.82) is 0 Å². The van der Waals surface area contributed by atoms with Crippen LogP contribution >= 0.6 is 0 Å². The number of benzene rings is 1. The molecule has 1 aliphatic rings. The highest BCUT2D eigenvalue weighted by Crippen LogP contribution is 2.19. The van der Waals surface area contributed by atoms with Gasteiger partial charge in [0.25, 0.3) is 0 Å². The molecule has 1 fully saturated rings. The molecule has 0 aliphatic heterocycles. The Morgan fingerprint density at radius 3 is 2.20 bits per heavy atom. The van der Waals surface area contributed by atoms with Gasteiger partial charge in [-0.05, 0) is 69.3 Å². The molecule has 0 spiro atoms. The molecule has 0 radical (unpaired) electrons. The van der Waals surface area contributed by atoms with Crippen LogP contribution in [0.3, 0.4) is 0 Å². The lowest BCUT2D eigenvalue weighted by molar-refractivity contribution is 0.300. The van der Waals surface area contributed by atoms with Crippen LogP contribution in [0.1, 0.15) is 45.4 Å². The number of hydrogen-bond donors (Lipinski definition) is 1. The number of hydrogen-bond acceptors (Lipinski definition) is 3. The summed E-state index contributed by atoms with van der Waals surface area (Å²) in [7, 11) is 0. The summed E-state index contributed by atoms with van der Waals surface area (Å²) in [6.45, 7) is 4.85. The minimum atomic E-state index is 0.773. The first-order valence-corrected chi connectivity index (χ1v) is 7.97. The van der Waals surface area contributed by atoms with Crippen LogP contribution in [-0.2, 0) is 0 Å². The maximum Gasteiger partial charge on any atom is 0.119 e. The summed E-state index contributed by atoms with van der Waals surface area (Å²) in [5.74, 6) is 1.86. The summed E-state index contributed by atoms with van der Waals surface area (Å²) in [6, 6.07) is 8.76. The van der Waals surface area contributed by atoms with E-state index in [1.54, 1.807) is 0 Å². The zero-order valence-electron chi connectivity index (χ0n) is 12.6. The molecule has 20 heavy (non-hydrogen) atoms. The fraction of sp³-hybridized carbons (Fsp3) is 0.647. The van der Waals surface area contributed by atoms with Gasteiger partial charge >= 0.3 is 0 Å².